The number of aliphatic hydroxyl groups is 1. The Morgan fingerprint density at radius 2 is 1.88 bits per heavy atom. The Bertz CT molecular complexity index is 497. The summed E-state index contributed by atoms with van der Waals surface area (Å²) in [5.41, 5.74) is 3.07. The second-order valence-corrected chi connectivity index (χ2v) is 4.00. The molecule has 0 amide bonds. The van der Waals surface area contributed by atoms with E-state index in [1.807, 2.05) is 49.4 Å². The molecule has 0 fully saturated rings. The molecule has 0 aliphatic rings. The first kappa shape index (κ1) is 11.6. The summed E-state index contributed by atoms with van der Waals surface area (Å²) < 4.78 is 0. The van der Waals surface area contributed by atoms with E-state index >= 15 is 0 Å². The molecular formula is C14H16N2O. The standard InChI is InChI=1S/C14H16N2O/c1-11-4-2-7-14(16-11)15-9-12-5-3-6-13(8-12)10-17/h2-8,17H,9-10H2,1H3,(H,15,16). The van der Waals surface area contributed by atoms with Gasteiger partial charge in [-0.3, -0.25) is 0 Å². The van der Waals surface area contributed by atoms with Gasteiger partial charge in [0.15, 0.2) is 0 Å². The number of nitrogens with zero attached hydrogens (tertiary/aromatic N) is 1. The molecule has 17 heavy (non-hydrogen) atoms. The molecule has 1 aromatic carbocycles. The van der Waals surface area contributed by atoms with Crippen molar-refractivity contribution in [3.05, 3.63) is 59.3 Å². The highest BCUT2D eigenvalue weighted by Crippen LogP contribution is 2.09. The maximum Gasteiger partial charge on any atom is 0.126 e. The number of aromatic nitrogens is 1. The van der Waals surface area contributed by atoms with Crippen LogP contribution in [0, 0.1) is 6.92 Å². The minimum atomic E-state index is 0.0799. The maximum absolute atomic E-state index is 9.05. The van der Waals surface area contributed by atoms with Crippen molar-refractivity contribution >= 4 is 5.82 Å². The molecule has 1 aromatic heterocycles. The molecule has 0 unspecified atom stereocenters. The van der Waals surface area contributed by atoms with Crippen molar-refractivity contribution in [2.75, 3.05) is 5.32 Å². The lowest BCUT2D eigenvalue weighted by atomic mass is 10.1. The van der Waals surface area contributed by atoms with Gasteiger partial charge in [-0.25, -0.2) is 4.98 Å². The summed E-state index contributed by atoms with van der Waals surface area (Å²) >= 11 is 0. The van der Waals surface area contributed by atoms with Gasteiger partial charge in [-0.2, -0.15) is 0 Å². The number of benzene rings is 1. The molecule has 0 spiro atoms. The normalized spacial score (nSPS) is 10.2. The number of pyridine rings is 1. The Morgan fingerprint density at radius 1 is 1.12 bits per heavy atom. The van der Waals surface area contributed by atoms with E-state index in [0.29, 0.717) is 6.54 Å². The molecule has 2 rings (SSSR count). The highest BCUT2D eigenvalue weighted by molar-refractivity contribution is 5.36. The lowest BCUT2D eigenvalue weighted by Gasteiger charge is -2.07. The highest BCUT2D eigenvalue weighted by Gasteiger charge is 1.97. The van der Waals surface area contributed by atoms with Crippen molar-refractivity contribution in [2.45, 2.75) is 20.1 Å². The minimum Gasteiger partial charge on any atom is -0.392 e. The van der Waals surface area contributed by atoms with Gasteiger partial charge in [-0.05, 0) is 30.2 Å². The summed E-state index contributed by atoms with van der Waals surface area (Å²) in [7, 11) is 0. The second kappa shape index (κ2) is 5.46. The van der Waals surface area contributed by atoms with Gasteiger partial charge in [0.2, 0.25) is 0 Å². The van der Waals surface area contributed by atoms with Gasteiger partial charge < -0.3 is 10.4 Å². The van der Waals surface area contributed by atoms with Crippen LogP contribution in [0.15, 0.2) is 42.5 Å². The zero-order chi connectivity index (χ0) is 12.1. The zero-order valence-electron chi connectivity index (χ0n) is 9.85. The van der Waals surface area contributed by atoms with Gasteiger partial charge in [-0.1, -0.05) is 30.3 Å². The molecule has 1 heterocycles. The average Bonchev–Trinajstić information content (AvgIpc) is 2.37. The number of aliphatic hydroxyl groups excluding tert-OH is 1. The van der Waals surface area contributed by atoms with E-state index < -0.39 is 0 Å². The summed E-state index contributed by atoms with van der Waals surface area (Å²) in [4.78, 5) is 4.37. The largest absolute Gasteiger partial charge is 0.392 e. The molecule has 0 radical (unpaired) electrons. The Kier molecular flexibility index (Phi) is 3.73. The number of nitrogens with one attached hydrogen (secondary N) is 1. The lowest BCUT2D eigenvalue weighted by Crippen LogP contribution is -2.02. The van der Waals surface area contributed by atoms with Crippen molar-refractivity contribution in [2.24, 2.45) is 0 Å². The number of anilines is 1. The summed E-state index contributed by atoms with van der Waals surface area (Å²) in [5, 5.41) is 12.3. The fraction of sp³-hybridized carbons (Fsp3) is 0.214. The smallest absolute Gasteiger partial charge is 0.126 e. The third-order valence-corrected chi connectivity index (χ3v) is 2.54. The predicted molar refractivity (Wildman–Crippen MR) is 68.7 cm³/mol. The van der Waals surface area contributed by atoms with Crippen molar-refractivity contribution in [1.29, 1.82) is 0 Å². The van der Waals surface area contributed by atoms with Crippen LogP contribution in [-0.2, 0) is 13.2 Å². The van der Waals surface area contributed by atoms with E-state index in [1.165, 1.54) is 0 Å². The quantitative estimate of drug-likeness (QED) is 0.845. The van der Waals surface area contributed by atoms with E-state index in [-0.39, 0.29) is 6.61 Å². The lowest BCUT2D eigenvalue weighted by molar-refractivity contribution is 0.281. The second-order valence-electron chi connectivity index (χ2n) is 4.00. The van der Waals surface area contributed by atoms with Gasteiger partial charge in [0.1, 0.15) is 5.82 Å². The molecule has 0 aliphatic carbocycles. The monoisotopic (exact) mass is 228 g/mol. The van der Waals surface area contributed by atoms with Gasteiger partial charge in [0, 0.05) is 12.2 Å². The van der Waals surface area contributed by atoms with Crippen molar-refractivity contribution in [1.82, 2.24) is 4.98 Å². The summed E-state index contributed by atoms with van der Waals surface area (Å²) in [6, 6.07) is 13.8. The third kappa shape index (κ3) is 3.29. The summed E-state index contributed by atoms with van der Waals surface area (Å²) in [5.74, 6) is 0.874. The van der Waals surface area contributed by atoms with Crippen LogP contribution in [-0.4, -0.2) is 10.1 Å². The Balaban J connectivity index is 2.02. The number of hydrogen-bond acceptors (Lipinski definition) is 3. The van der Waals surface area contributed by atoms with E-state index in [9.17, 15) is 0 Å². The predicted octanol–water partition coefficient (Wildman–Crippen LogP) is 2.49. The van der Waals surface area contributed by atoms with Crippen molar-refractivity contribution in [3.63, 3.8) is 0 Å². The number of rotatable bonds is 4. The Hall–Kier alpha value is -1.87. The Morgan fingerprint density at radius 3 is 2.65 bits per heavy atom. The Labute approximate surface area is 101 Å². The van der Waals surface area contributed by atoms with Crippen molar-refractivity contribution < 1.29 is 5.11 Å². The van der Waals surface area contributed by atoms with Crippen LogP contribution in [0.1, 0.15) is 16.8 Å². The van der Waals surface area contributed by atoms with Crippen LogP contribution in [0.2, 0.25) is 0 Å². The summed E-state index contributed by atoms with van der Waals surface area (Å²) in [6.45, 7) is 2.76. The zero-order valence-corrected chi connectivity index (χ0v) is 9.85. The maximum atomic E-state index is 9.05. The van der Waals surface area contributed by atoms with Gasteiger partial charge in [0.05, 0.1) is 6.61 Å². The SMILES string of the molecule is Cc1cccc(NCc2cccc(CO)c2)n1. The molecule has 2 N–H and O–H groups in total. The molecule has 0 atom stereocenters. The fourth-order valence-electron chi connectivity index (χ4n) is 1.67. The number of aryl methyl sites for hydroxylation is 1. The van der Waals surface area contributed by atoms with Crippen LogP contribution >= 0.6 is 0 Å². The first-order valence-corrected chi connectivity index (χ1v) is 5.64. The molecule has 88 valence electrons. The van der Waals surface area contributed by atoms with Crippen LogP contribution < -0.4 is 5.32 Å². The molecule has 0 saturated heterocycles. The minimum absolute atomic E-state index is 0.0799. The van der Waals surface area contributed by atoms with Gasteiger partial charge in [0.25, 0.3) is 0 Å². The van der Waals surface area contributed by atoms with Gasteiger partial charge >= 0.3 is 0 Å². The van der Waals surface area contributed by atoms with Crippen LogP contribution in [0.5, 0.6) is 0 Å². The highest BCUT2D eigenvalue weighted by atomic mass is 16.3. The van der Waals surface area contributed by atoms with Gasteiger partial charge in [-0.15, -0.1) is 0 Å². The fourth-order valence-corrected chi connectivity index (χ4v) is 1.67. The van der Waals surface area contributed by atoms with Crippen LogP contribution in [0.25, 0.3) is 0 Å². The molecule has 3 nitrogen and oxygen atoms in total. The first-order valence-electron chi connectivity index (χ1n) is 5.64. The molecule has 0 saturated carbocycles. The average molecular weight is 228 g/mol. The van der Waals surface area contributed by atoms with Crippen LogP contribution in [0.3, 0.4) is 0 Å². The molecule has 3 heteroatoms. The van der Waals surface area contributed by atoms with E-state index in [1.54, 1.807) is 0 Å². The summed E-state index contributed by atoms with van der Waals surface area (Å²) in [6.07, 6.45) is 0. The first-order chi connectivity index (χ1) is 8.28. The van der Waals surface area contributed by atoms with Crippen LogP contribution in [0.4, 0.5) is 5.82 Å². The van der Waals surface area contributed by atoms with E-state index in [2.05, 4.69) is 10.3 Å². The molecule has 0 aliphatic heterocycles. The van der Waals surface area contributed by atoms with E-state index in [0.717, 1.165) is 22.6 Å². The topological polar surface area (TPSA) is 45.1 Å². The molecule has 2 aromatic rings. The van der Waals surface area contributed by atoms with Crippen molar-refractivity contribution in [3.8, 4) is 0 Å². The van der Waals surface area contributed by atoms with E-state index in [4.69, 9.17) is 5.11 Å². The molecule has 0 bridgehead atoms. The third-order valence-electron chi connectivity index (χ3n) is 2.54. The number of hydrogen-bond donors (Lipinski definition) is 2. The molecular weight excluding hydrogens is 212 g/mol.